The quantitative estimate of drug-likeness (QED) is 0.532. The molecule has 0 aromatic heterocycles. The topological polar surface area (TPSA) is 97.6 Å². The number of hydrogen-bond acceptors (Lipinski definition) is 5. The van der Waals surface area contributed by atoms with Crippen LogP contribution < -0.4 is 0 Å². The summed E-state index contributed by atoms with van der Waals surface area (Å²) in [7, 11) is -3.20. The van der Waals surface area contributed by atoms with Crippen molar-refractivity contribution in [3.63, 3.8) is 0 Å². The maximum absolute atomic E-state index is 13.3. The Morgan fingerprint density at radius 1 is 1.17 bits per heavy atom. The molecule has 2 aromatic rings. The first kappa shape index (κ1) is 22.0. The fourth-order valence-corrected chi connectivity index (χ4v) is 5.34. The zero-order valence-electron chi connectivity index (χ0n) is 17.4. The fraction of sp³-hybridized carbons (Fsp3) is 0.409. The average molecular weight is 431 g/mol. The van der Waals surface area contributed by atoms with Crippen molar-refractivity contribution in [2.75, 3.05) is 11.5 Å². The van der Waals surface area contributed by atoms with Gasteiger partial charge in [-0.05, 0) is 29.0 Å². The van der Waals surface area contributed by atoms with Gasteiger partial charge in [0.25, 0.3) is 11.6 Å². The highest BCUT2D eigenvalue weighted by molar-refractivity contribution is 7.91. The molecule has 1 amide bonds. The summed E-state index contributed by atoms with van der Waals surface area (Å²) >= 11 is 0. The van der Waals surface area contributed by atoms with Crippen molar-refractivity contribution in [1.82, 2.24) is 4.90 Å². The van der Waals surface area contributed by atoms with Gasteiger partial charge in [-0.15, -0.1) is 0 Å². The van der Waals surface area contributed by atoms with Gasteiger partial charge in [0.15, 0.2) is 9.84 Å². The second-order valence-corrected chi connectivity index (χ2v) is 11.0. The number of hydrogen-bond donors (Lipinski definition) is 0. The van der Waals surface area contributed by atoms with Gasteiger partial charge in [-0.2, -0.15) is 0 Å². The maximum atomic E-state index is 13.3. The van der Waals surface area contributed by atoms with Crippen molar-refractivity contribution in [3.05, 3.63) is 75.3 Å². The number of sulfone groups is 1. The van der Waals surface area contributed by atoms with E-state index in [0.717, 1.165) is 11.1 Å². The molecule has 1 atom stereocenters. The summed E-state index contributed by atoms with van der Waals surface area (Å²) in [5.41, 5.74) is 2.04. The Kier molecular flexibility index (Phi) is 5.99. The first-order chi connectivity index (χ1) is 14.0. The average Bonchev–Trinajstić information content (AvgIpc) is 3.05. The molecule has 7 nitrogen and oxygen atoms in total. The van der Waals surface area contributed by atoms with Crippen molar-refractivity contribution >= 4 is 21.4 Å². The van der Waals surface area contributed by atoms with Crippen LogP contribution >= 0.6 is 0 Å². The molecule has 0 N–H and O–H groups in total. The Morgan fingerprint density at radius 3 is 2.37 bits per heavy atom. The van der Waals surface area contributed by atoms with Gasteiger partial charge in [0.1, 0.15) is 0 Å². The Labute approximate surface area is 176 Å². The molecular formula is C22H26N2O5S. The summed E-state index contributed by atoms with van der Waals surface area (Å²) in [6, 6.07) is 13.0. The maximum Gasteiger partial charge on any atom is 0.270 e. The van der Waals surface area contributed by atoms with Crippen molar-refractivity contribution in [3.8, 4) is 0 Å². The van der Waals surface area contributed by atoms with E-state index in [1.807, 2.05) is 24.3 Å². The summed E-state index contributed by atoms with van der Waals surface area (Å²) in [5.74, 6) is -0.451. The molecule has 30 heavy (non-hydrogen) atoms. The molecule has 1 aliphatic heterocycles. The largest absolute Gasteiger partial charge is 0.330 e. The van der Waals surface area contributed by atoms with Crippen LogP contribution in [0.4, 0.5) is 5.69 Å². The van der Waals surface area contributed by atoms with Gasteiger partial charge in [-0.25, -0.2) is 8.42 Å². The monoisotopic (exact) mass is 430 g/mol. The van der Waals surface area contributed by atoms with Crippen LogP contribution in [0.3, 0.4) is 0 Å². The molecule has 0 saturated carbocycles. The van der Waals surface area contributed by atoms with Gasteiger partial charge in [-0.3, -0.25) is 14.9 Å². The number of benzene rings is 2. The minimum Gasteiger partial charge on any atom is -0.330 e. The molecule has 0 spiro atoms. The van der Waals surface area contributed by atoms with Crippen LogP contribution in [0.5, 0.6) is 0 Å². The van der Waals surface area contributed by atoms with Gasteiger partial charge < -0.3 is 4.90 Å². The number of nitro groups is 1. The lowest BCUT2D eigenvalue weighted by Gasteiger charge is -2.29. The lowest BCUT2D eigenvalue weighted by atomic mass is 9.86. The van der Waals surface area contributed by atoms with Gasteiger partial charge in [-0.1, -0.05) is 51.1 Å². The summed E-state index contributed by atoms with van der Waals surface area (Å²) in [6.07, 6.45) is 0.364. The summed E-state index contributed by atoms with van der Waals surface area (Å²) in [4.78, 5) is 25.3. The van der Waals surface area contributed by atoms with E-state index < -0.39 is 26.7 Å². The summed E-state index contributed by atoms with van der Waals surface area (Å²) in [6.45, 7) is 6.59. The third-order valence-electron chi connectivity index (χ3n) is 5.39. The second kappa shape index (κ2) is 8.18. The van der Waals surface area contributed by atoms with Crippen LogP contribution in [-0.4, -0.2) is 41.7 Å². The number of non-ortho nitro benzene ring substituents is 1. The van der Waals surface area contributed by atoms with Crippen molar-refractivity contribution in [1.29, 1.82) is 0 Å². The number of carbonyl (C=O) groups excluding carboxylic acids is 1. The minimum atomic E-state index is -3.20. The van der Waals surface area contributed by atoms with E-state index in [2.05, 4.69) is 20.8 Å². The first-order valence-electron chi connectivity index (χ1n) is 9.81. The van der Waals surface area contributed by atoms with Crippen LogP contribution in [0.2, 0.25) is 0 Å². The molecular weight excluding hydrogens is 404 g/mol. The van der Waals surface area contributed by atoms with Crippen LogP contribution in [0.1, 0.15) is 48.7 Å². The number of carbonyl (C=O) groups is 1. The molecule has 0 unspecified atom stereocenters. The molecule has 0 aliphatic carbocycles. The Hall–Kier alpha value is -2.74. The lowest BCUT2D eigenvalue weighted by Crippen LogP contribution is -2.40. The molecule has 1 saturated heterocycles. The third-order valence-corrected chi connectivity index (χ3v) is 7.14. The number of nitrogens with zero attached hydrogens (tertiary/aromatic N) is 2. The number of rotatable bonds is 5. The summed E-state index contributed by atoms with van der Waals surface area (Å²) in [5, 5.41) is 11.1. The van der Waals surface area contributed by atoms with Crippen molar-refractivity contribution in [2.45, 2.75) is 45.2 Å². The highest BCUT2D eigenvalue weighted by atomic mass is 32.2. The van der Waals surface area contributed by atoms with Gasteiger partial charge in [0.05, 0.1) is 16.4 Å². The predicted molar refractivity (Wildman–Crippen MR) is 115 cm³/mol. The molecule has 3 rings (SSSR count). The molecule has 1 fully saturated rings. The zero-order valence-corrected chi connectivity index (χ0v) is 18.2. The molecule has 160 valence electrons. The normalized spacial score (nSPS) is 18.2. The van der Waals surface area contributed by atoms with E-state index in [1.165, 1.54) is 29.2 Å². The van der Waals surface area contributed by atoms with E-state index >= 15 is 0 Å². The third kappa shape index (κ3) is 5.05. The minimum absolute atomic E-state index is 0.00343. The standard InChI is InChI=1S/C22H26N2O5S/c1-22(2,3)18-9-7-16(8-10-18)14-23(20-11-12-30(28,29)15-20)21(25)17-5-4-6-19(13-17)24(26)27/h4-10,13,20H,11-12,14-15H2,1-3H3/t20-/m1/s1. The smallest absolute Gasteiger partial charge is 0.270 e. The Balaban J connectivity index is 1.92. The van der Waals surface area contributed by atoms with Crippen LogP contribution in [0, 0.1) is 10.1 Å². The van der Waals surface area contributed by atoms with Crippen molar-refractivity contribution in [2.24, 2.45) is 0 Å². The number of nitro benzene ring substituents is 1. The van der Waals surface area contributed by atoms with Crippen LogP contribution in [-0.2, 0) is 21.8 Å². The molecule has 8 heteroatoms. The SMILES string of the molecule is CC(C)(C)c1ccc(CN(C(=O)c2cccc([N+](=O)[O-])c2)[C@@H]2CCS(=O)(=O)C2)cc1. The van der Waals surface area contributed by atoms with E-state index in [9.17, 15) is 23.3 Å². The van der Waals surface area contributed by atoms with Crippen LogP contribution in [0.25, 0.3) is 0 Å². The highest BCUT2D eigenvalue weighted by Gasteiger charge is 2.35. The molecule has 1 heterocycles. The Bertz CT molecular complexity index is 1060. The van der Waals surface area contributed by atoms with Gasteiger partial charge in [0.2, 0.25) is 0 Å². The zero-order chi connectivity index (χ0) is 22.1. The second-order valence-electron chi connectivity index (χ2n) is 8.74. The molecule has 1 aliphatic rings. The fourth-order valence-electron chi connectivity index (χ4n) is 3.61. The van der Waals surface area contributed by atoms with Crippen LogP contribution in [0.15, 0.2) is 48.5 Å². The van der Waals surface area contributed by atoms with Gasteiger partial charge in [0, 0.05) is 30.3 Å². The van der Waals surface area contributed by atoms with Crippen molar-refractivity contribution < 1.29 is 18.1 Å². The summed E-state index contributed by atoms with van der Waals surface area (Å²) < 4.78 is 24.1. The number of amides is 1. The van der Waals surface area contributed by atoms with E-state index in [4.69, 9.17) is 0 Å². The first-order valence-corrected chi connectivity index (χ1v) is 11.6. The van der Waals surface area contributed by atoms with E-state index in [1.54, 1.807) is 0 Å². The highest BCUT2D eigenvalue weighted by Crippen LogP contribution is 2.26. The van der Waals surface area contributed by atoms with Gasteiger partial charge >= 0.3 is 0 Å². The molecule has 0 radical (unpaired) electrons. The lowest BCUT2D eigenvalue weighted by molar-refractivity contribution is -0.384. The van der Waals surface area contributed by atoms with E-state index in [-0.39, 0.29) is 34.7 Å². The predicted octanol–water partition coefficient (Wildman–Crippen LogP) is 3.72. The molecule has 0 bridgehead atoms. The molecule has 2 aromatic carbocycles. The van der Waals surface area contributed by atoms with E-state index in [0.29, 0.717) is 6.42 Å². The Morgan fingerprint density at radius 2 is 1.83 bits per heavy atom.